The minimum atomic E-state index is -1.09. The summed E-state index contributed by atoms with van der Waals surface area (Å²) in [6.45, 7) is 12.3. The Kier molecular flexibility index (Phi) is 8.08. The van der Waals surface area contributed by atoms with Crippen LogP contribution in [0.25, 0.3) is 22.3 Å². The first-order valence-electron chi connectivity index (χ1n) is 16.7. The van der Waals surface area contributed by atoms with Crippen LogP contribution in [0.3, 0.4) is 0 Å². The van der Waals surface area contributed by atoms with Crippen molar-refractivity contribution in [2.24, 2.45) is 12.5 Å². The number of nitrogens with zero attached hydrogens (tertiary/aromatic N) is 8. The highest BCUT2D eigenvalue weighted by Gasteiger charge is 2.44. The first kappa shape index (κ1) is 31.7. The number of pyridine rings is 1. The molecular weight excluding hydrogens is 597 g/mol. The summed E-state index contributed by atoms with van der Waals surface area (Å²) in [7, 11) is 4.00. The molecule has 47 heavy (non-hydrogen) atoms. The molecule has 0 atom stereocenters. The van der Waals surface area contributed by atoms with Crippen molar-refractivity contribution in [3.8, 4) is 11.3 Å². The predicted molar refractivity (Wildman–Crippen MR) is 181 cm³/mol. The average Bonchev–Trinajstić information content (AvgIpc) is 3.53. The molecule has 0 unspecified atom stereocenters. The highest BCUT2D eigenvalue weighted by molar-refractivity contribution is 6.05. The zero-order valence-corrected chi connectivity index (χ0v) is 28.1. The summed E-state index contributed by atoms with van der Waals surface area (Å²) in [6, 6.07) is 8.13. The molecule has 3 aromatic heterocycles. The summed E-state index contributed by atoms with van der Waals surface area (Å²) in [6.07, 6.45) is 7.86. The van der Waals surface area contributed by atoms with Gasteiger partial charge in [-0.1, -0.05) is 0 Å². The van der Waals surface area contributed by atoms with Gasteiger partial charge >= 0.3 is 0 Å². The lowest BCUT2D eigenvalue weighted by Gasteiger charge is -2.54. The number of fused-ring (bicyclic) bond motifs is 1. The van der Waals surface area contributed by atoms with Gasteiger partial charge in [0.25, 0.3) is 5.91 Å². The molecule has 12 heteroatoms. The van der Waals surface area contributed by atoms with E-state index in [2.05, 4.69) is 49.3 Å². The summed E-state index contributed by atoms with van der Waals surface area (Å²) in [5, 5.41) is 17.9. The smallest absolute Gasteiger partial charge is 0.261 e. The van der Waals surface area contributed by atoms with Crippen molar-refractivity contribution in [1.29, 1.82) is 0 Å². The van der Waals surface area contributed by atoms with Gasteiger partial charge in [-0.15, -0.1) is 0 Å². The molecule has 3 aliphatic heterocycles. The monoisotopic (exact) mass is 643 g/mol. The first-order valence-corrected chi connectivity index (χ1v) is 16.7. The van der Waals surface area contributed by atoms with E-state index in [0.717, 1.165) is 42.8 Å². The maximum absolute atomic E-state index is 15.7. The number of benzene rings is 1. The largest absolute Gasteiger partial charge is 0.389 e. The Hall–Kier alpha value is -3.87. The van der Waals surface area contributed by atoms with E-state index >= 15 is 4.39 Å². The molecule has 6 heterocycles. The third kappa shape index (κ3) is 6.14. The second-order valence-electron chi connectivity index (χ2n) is 14.7. The maximum atomic E-state index is 15.7. The lowest BCUT2D eigenvalue weighted by molar-refractivity contribution is -0.0419. The van der Waals surface area contributed by atoms with Crippen molar-refractivity contribution >= 4 is 28.6 Å². The molecule has 3 fully saturated rings. The number of nitrogens with one attached hydrogen (secondary N) is 1. The van der Waals surface area contributed by atoms with Crippen LogP contribution in [0.15, 0.2) is 36.7 Å². The quantitative estimate of drug-likeness (QED) is 0.307. The Morgan fingerprint density at radius 1 is 1.11 bits per heavy atom. The average molecular weight is 644 g/mol. The minimum Gasteiger partial charge on any atom is -0.389 e. The Balaban J connectivity index is 1.09. The summed E-state index contributed by atoms with van der Waals surface area (Å²) in [5.41, 5.74) is 3.25. The lowest BCUT2D eigenvalue weighted by atomic mass is 9.72. The normalized spacial score (nSPS) is 19.4. The number of amides is 1. The van der Waals surface area contributed by atoms with Crippen molar-refractivity contribution < 1.29 is 14.3 Å². The fourth-order valence-corrected chi connectivity index (χ4v) is 7.92. The number of rotatable bonds is 7. The number of piperidine rings is 2. The van der Waals surface area contributed by atoms with Gasteiger partial charge in [0, 0.05) is 62.4 Å². The van der Waals surface area contributed by atoms with Gasteiger partial charge in [-0.3, -0.25) is 19.8 Å². The molecule has 11 nitrogen and oxygen atoms in total. The van der Waals surface area contributed by atoms with E-state index in [0.29, 0.717) is 22.5 Å². The van der Waals surface area contributed by atoms with E-state index < -0.39 is 17.3 Å². The number of anilines is 2. The van der Waals surface area contributed by atoms with Crippen molar-refractivity contribution in [2.75, 3.05) is 56.5 Å². The van der Waals surface area contributed by atoms with Gasteiger partial charge in [-0.2, -0.15) is 5.10 Å². The third-order valence-corrected chi connectivity index (χ3v) is 10.5. The van der Waals surface area contributed by atoms with Crippen molar-refractivity contribution in [3.05, 3.63) is 53.7 Å². The molecule has 0 radical (unpaired) electrons. The van der Waals surface area contributed by atoms with E-state index in [-0.39, 0.29) is 23.8 Å². The molecule has 2 N–H and O–H groups in total. The van der Waals surface area contributed by atoms with Gasteiger partial charge in [-0.25, -0.2) is 9.37 Å². The summed E-state index contributed by atoms with van der Waals surface area (Å²) < 4.78 is 19.2. The van der Waals surface area contributed by atoms with Crippen LogP contribution in [0.5, 0.6) is 0 Å². The van der Waals surface area contributed by atoms with E-state index in [1.165, 1.54) is 51.3 Å². The van der Waals surface area contributed by atoms with Crippen LogP contribution in [-0.2, 0) is 13.6 Å². The van der Waals surface area contributed by atoms with Gasteiger partial charge in [0.1, 0.15) is 5.69 Å². The standard InChI is InChI=1S/C35H46FN9O2/c1-23-27(19-38-42(23)5)31-30(36)26(8-13-37-31)32(46)40-33-39-28-7-6-25(18-29(28)45(33)20-34(2,3)47)43-14-9-24(10-15-43)44-16-11-35(12-17-44)21-41(4)22-35/h6-8,13,18-19,24,47H,9-12,14-17,20-22H2,1-5H3,(H,39,40,46). The van der Waals surface area contributed by atoms with Crippen molar-refractivity contribution in [1.82, 2.24) is 34.1 Å². The molecule has 7 rings (SSSR count). The number of aromatic nitrogens is 5. The number of hydrogen-bond acceptors (Lipinski definition) is 8. The third-order valence-electron chi connectivity index (χ3n) is 10.5. The van der Waals surface area contributed by atoms with Crippen molar-refractivity contribution in [2.45, 2.75) is 64.6 Å². The number of halogens is 1. The Morgan fingerprint density at radius 2 is 1.83 bits per heavy atom. The number of imidazole rings is 1. The van der Waals surface area contributed by atoms with Gasteiger partial charge in [-0.05, 0) is 96.3 Å². The topological polar surface area (TPSA) is 108 Å². The lowest BCUT2D eigenvalue weighted by Crippen LogP contribution is -2.60. The molecule has 3 aliphatic rings. The van der Waals surface area contributed by atoms with Crippen LogP contribution in [0.4, 0.5) is 16.0 Å². The Morgan fingerprint density at radius 3 is 2.47 bits per heavy atom. The number of likely N-dealkylation sites (tertiary alicyclic amines) is 2. The van der Waals surface area contributed by atoms with Crippen molar-refractivity contribution in [3.63, 3.8) is 0 Å². The summed E-state index contributed by atoms with van der Waals surface area (Å²) in [5.74, 6) is -1.12. The molecule has 4 aromatic rings. The molecular formula is C35H46FN9O2. The fraction of sp³-hybridized carbons (Fsp3) is 0.543. The second kappa shape index (κ2) is 12.0. The first-order chi connectivity index (χ1) is 22.4. The Bertz CT molecular complexity index is 1780. The van der Waals surface area contributed by atoms with E-state index in [1.54, 1.807) is 31.8 Å². The van der Waals surface area contributed by atoms with E-state index in [9.17, 15) is 9.90 Å². The molecule has 3 saturated heterocycles. The molecule has 1 aromatic carbocycles. The SMILES string of the molecule is Cc1c(-c2nccc(C(=O)Nc3nc4ccc(N5CCC(N6CCC7(CC6)CN(C)C7)CC5)cc4n3CC(C)(C)O)c2F)cnn1C. The van der Waals surface area contributed by atoms with Crippen LogP contribution in [0.2, 0.25) is 0 Å². The maximum Gasteiger partial charge on any atom is 0.261 e. The number of hydrogen-bond donors (Lipinski definition) is 2. The highest BCUT2D eigenvalue weighted by Crippen LogP contribution is 2.40. The summed E-state index contributed by atoms with van der Waals surface area (Å²) >= 11 is 0. The van der Waals surface area contributed by atoms with Crippen LogP contribution in [0, 0.1) is 18.2 Å². The Labute approximate surface area is 275 Å². The zero-order valence-electron chi connectivity index (χ0n) is 28.1. The molecule has 1 amide bonds. The van der Waals surface area contributed by atoms with Crippen LogP contribution in [-0.4, -0.2) is 103 Å². The van der Waals surface area contributed by atoms with Crippen LogP contribution >= 0.6 is 0 Å². The van der Waals surface area contributed by atoms with Gasteiger partial charge in [0.05, 0.1) is 34.9 Å². The van der Waals surface area contributed by atoms with Crippen LogP contribution < -0.4 is 10.2 Å². The fourth-order valence-electron chi connectivity index (χ4n) is 7.92. The predicted octanol–water partition coefficient (Wildman–Crippen LogP) is 4.30. The van der Waals surface area contributed by atoms with Gasteiger partial charge in [0.2, 0.25) is 5.95 Å². The molecule has 0 saturated carbocycles. The number of carbonyl (C=O) groups excluding carboxylic acids is 1. The number of carbonyl (C=O) groups is 1. The minimum absolute atomic E-state index is 0.0667. The summed E-state index contributed by atoms with van der Waals surface area (Å²) in [4.78, 5) is 30.0. The molecule has 0 bridgehead atoms. The van der Waals surface area contributed by atoms with Gasteiger partial charge in [0.15, 0.2) is 5.82 Å². The second-order valence-corrected chi connectivity index (χ2v) is 14.7. The molecule has 0 aliphatic carbocycles. The van der Waals surface area contributed by atoms with E-state index in [1.807, 2.05) is 17.6 Å². The highest BCUT2D eigenvalue weighted by atomic mass is 19.1. The molecule has 1 spiro atoms. The molecule has 250 valence electrons. The van der Waals surface area contributed by atoms with Gasteiger partial charge < -0.3 is 24.4 Å². The van der Waals surface area contributed by atoms with Crippen LogP contribution in [0.1, 0.15) is 55.6 Å². The number of aliphatic hydroxyl groups is 1. The number of aryl methyl sites for hydroxylation is 1. The van der Waals surface area contributed by atoms with E-state index in [4.69, 9.17) is 4.98 Å². The zero-order chi connectivity index (χ0) is 33.1.